The molecule has 1 saturated heterocycles. The lowest BCUT2D eigenvalue weighted by atomic mass is 10.1. The van der Waals surface area contributed by atoms with E-state index in [-0.39, 0.29) is 12.0 Å². The number of ether oxygens (including phenoxy) is 1. The number of amides is 1. The normalized spacial score (nSPS) is 17.8. The summed E-state index contributed by atoms with van der Waals surface area (Å²) in [5, 5.41) is 1.02. The summed E-state index contributed by atoms with van der Waals surface area (Å²) in [4.78, 5) is 27.4. The second kappa shape index (κ2) is 6.33. The first-order chi connectivity index (χ1) is 11.8. The van der Waals surface area contributed by atoms with Crippen LogP contribution < -0.4 is 0 Å². The SMILES string of the molecule is O=C(c1ccc2ccccc2n1)N1CCOC(c2cnccn2)C1. The van der Waals surface area contributed by atoms with Crippen LogP contribution >= 0.6 is 0 Å². The largest absolute Gasteiger partial charge is 0.368 e. The molecule has 1 aromatic carbocycles. The summed E-state index contributed by atoms with van der Waals surface area (Å²) in [5.74, 6) is -0.0852. The van der Waals surface area contributed by atoms with Gasteiger partial charge in [-0.1, -0.05) is 24.3 Å². The number of hydrogen-bond acceptors (Lipinski definition) is 5. The topological polar surface area (TPSA) is 68.2 Å². The number of pyridine rings is 1. The van der Waals surface area contributed by atoms with E-state index < -0.39 is 0 Å². The molecular weight excluding hydrogens is 304 g/mol. The molecule has 0 N–H and O–H groups in total. The molecule has 24 heavy (non-hydrogen) atoms. The summed E-state index contributed by atoms with van der Waals surface area (Å²) in [6.07, 6.45) is 4.67. The molecule has 1 fully saturated rings. The van der Waals surface area contributed by atoms with Gasteiger partial charge in [-0.25, -0.2) is 4.98 Å². The van der Waals surface area contributed by atoms with Crippen molar-refractivity contribution in [3.63, 3.8) is 0 Å². The molecule has 3 heterocycles. The predicted molar refractivity (Wildman–Crippen MR) is 88.4 cm³/mol. The van der Waals surface area contributed by atoms with Crippen LogP contribution in [-0.4, -0.2) is 45.5 Å². The van der Waals surface area contributed by atoms with Crippen molar-refractivity contribution in [3.8, 4) is 0 Å². The van der Waals surface area contributed by atoms with Gasteiger partial charge in [0.15, 0.2) is 0 Å². The van der Waals surface area contributed by atoms with Gasteiger partial charge in [0.2, 0.25) is 0 Å². The van der Waals surface area contributed by atoms with E-state index in [0.717, 1.165) is 16.6 Å². The molecule has 1 unspecified atom stereocenters. The van der Waals surface area contributed by atoms with Gasteiger partial charge in [0.05, 0.1) is 30.6 Å². The van der Waals surface area contributed by atoms with Gasteiger partial charge in [-0.2, -0.15) is 0 Å². The second-order valence-electron chi connectivity index (χ2n) is 5.63. The predicted octanol–water partition coefficient (Wildman–Crippen LogP) is 2.24. The number of para-hydroxylation sites is 1. The maximum absolute atomic E-state index is 12.8. The lowest BCUT2D eigenvalue weighted by Gasteiger charge is -2.32. The first-order valence-electron chi connectivity index (χ1n) is 7.84. The van der Waals surface area contributed by atoms with Gasteiger partial charge in [-0.05, 0) is 12.1 Å². The fraction of sp³-hybridized carbons (Fsp3) is 0.222. The van der Waals surface area contributed by atoms with Crippen LogP contribution in [0.25, 0.3) is 10.9 Å². The zero-order chi connectivity index (χ0) is 16.4. The number of aromatic nitrogens is 3. The molecule has 6 nitrogen and oxygen atoms in total. The summed E-state index contributed by atoms with van der Waals surface area (Å²) < 4.78 is 5.73. The van der Waals surface area contributed by atoms with Crippen LogP contribution in [-0.2, 0) is 4.74 Å². The molecule has 2 aromatic heterocycles. The Morgan fingerprint density at radius 1 is 1.17 bits per heavy atom. The number of hydrogen-bond donors (Lipinski definition) is 0. The minimum Gasteiger partial charge on any atom is -0.368 e. The monoisotopic (exact) mass is 320 g/mol. The van der Waals surface area contributed by atoms with Crippen LogP contribution in [0.2, 0.25) is 0 Å². The van der Waals surface area contributed by atoms with Crippen molar-refractivity contribution < 1.29 is 9.53 Å². The van der Waals surface area contributed by atoms with Crippen molar-refractivity contribution in [2.24, 2.45) is 0 Å². The highest BCUT2D eigenvalue weighted by atomic mass is 16.5. The highest BCUT2D eigenvalue weighted by Crippen LogP contribution is 2.21. The van der Waals surface area contributed by atoms with Crippen molar-refractivity contribution in [2.45, 2.75) is 6.10 Å². The van der Waals surface area contributed by atoms with E-state index in [1.807, 2.05) is 30.3 Å². The average Bonchev–Trinajstić information content (AvgIpc) is 2.68. The Labute approximate surface area is 139 Å². The molecule has 0 bridgehead atoms. The fourth-order valence-corrected chi connectivity index (χ4v) is 2.84. The molecule has 0 aliphatic carbocycles. The minimum absolute atomic E-state index is 0.0852. The Morgan fingerprint density at radius 2 is 2.08 bits per heavy atom. The molecule has 1 aliphatic rings. The zero-order valence-electron chi connectivity index (χ0n) is 13.0. The van der Waals surface area contributed by atoms with Gasteiger partial charge in [-0.15, -0.1) is 0 Å². The Balaban J connectivity index is 1.56. The number of fused-ring (bicyclic) bond motifs is 1. The Bertz CT molecular complexity index is 869. The molecule has 6 heteroatoms. The third-order valence-electron chi connectivity index (χ3n) is 4.08. The highest BCUT2D eigenvalue weighted by Gasteiger charge is 2.27. The maximum atomic E-state index is 12.8. The van der Waals surface area contributed by atoms with E-state index in [0.29, 0.717) is 25.4 Å². The van der Waals surface area contributed by atoms with Crippen molar-refractivity contribution in [1.29, 1.82) is 0 Å². The van der Waals surface area contributed by atoms with Crippen LogP contribution in [0.3, 0.4) is 0 Å². The molecule has 0 saturated carbocycles. The summed E-state index contributed by atoms with van der Waals surface area (Å²) in [5.41, 5.74) is 2.01. The summed E-state index contributed by atoms with van der Waals surface area (Å²) >= 11 is 0. The zero-order valence-corrected chi connectivity index (χ0v) is 13.0. The van der Waals surface area contributed by atoms with Crippen LogP contribution in [0.15, 0.2) is 55.0 Å². The molecule has 1 amide bonds. The lowest BCUT2D eigenvalue weighted by Crippen LogP contribution is -2.42. The fourth-order valence-electron chi connectivity index (χ4n) is 2.84. The number of carbonyl (C=O) groups is 1. The van der Waals surface area contributed by atoms with Gasteiger partial charge in [0.25, 0.3) is 5.91 Å². The molecule has 0 spiro atoms. The first-order valence-corrected chi connectivity index (χ1v) is 7.84. The minimum atomic E-state index is -0.253. The van der Waals surface area contributed by atoms with E-state index >= 15 is 0 Å². The summed E-state index contributed by atoms with van der Waals surface area (Å²) in [7, 11) is 0. The molecule has 3 aromatic rings. The van der Waals surface area contributed by atoms with Crippen molar-refractivity contribution in [1.82, 2.24) is 19.9 Å². The molecule has 4 rings (SSSR count). The van der Waals surface area contributed by atoms with Crippen molar-refractivity contribution in [2.75, 3.05) is 19.7 Å². The van der Waals surface area contributed by atoms with Gasteiger partial charge in [0, 0.05) is 24.3 Å². The average molecular weight is 320 g/mol. The third kappa shape index (κ3) is 2.83. The Hall–Kier alpha value is -2.86. The number of morpholine rings is 1. The van der Waals surface area contributed by atoms with Crippen molar-refractivity contribution >= 4 is 16.8 Å². The van der Waals surface area contributed by atoms with E-state index in [9.17, 15) is 4.79 Å². The number of benzene rings is 1. The van der Waals surface area contributed by atoms with E-state index in [2.05, 4.69) is 15.0 Å². The molecule has 1 atom stereocenters. The molecule has 1 aliphatic heterocycles. The van der Waals surface area contributed by atoms with Crippen LogP contribution in [0.4, 0.5) is 0 Å². The third-order valence-corrected chi connectivity index (χ3v) is 4.08. The Kier molecular flexibility index (Phi) is 3.88. The van der Waals surface area contributed by atoms with E-state index in [1.165, 1.54) is 0 Å². The van der Waals surface area contributed by atoms with E-state index in [1.54, 1.807) is 29.6 Å². The van der Waals surface area contributed by atoms with Crippen molar-refractivity contribution in [3.05, 3.63) is 66.4 Å². The van der Waals surface area contributed by atoms with Crippen LogP contribution in [0.1, 0.15) is 22.3 Å². The number of nitrogens with zero attached hydrogens (tertiary/aromatic N) is 4. The van der Waals surface area contributed by atoms with Gasteiger partial charge >= 0.3 is 0 Å². The summed E-state index contributed by atoms with van der Waals surface area (Å²) in [6, 6.07) is 11.5. The molecular formula is C18H16N4O2. The van der Waals surface area contributed by atoms with Crippen LogP contribution in [0.5, 0.6) is 0 Å². The van der Waals surface area contributed by atoms with Gasteiger partial charge in [0.1, 0.15) is 11.8 Å². The summed E-state index contributed by atoms with van der Waals surface area (Å²) in [6.45, 7) is 1.47. The quantitative estimate of drug-likeness (QED) is 0.724. The number of carbonyl (C=O) groups excluding carboxylic acids is 1. The molecule has 120 valence electrons. The van der Waals surface area contributed by atoms with Gasteiger partial charge in [-0.3, -0.25) is 14.8 Å². The smallest absolute Gasteiger partial charge is 0.272 e. The number of rotatable bonds is 2. The maximum Gasteiger partial charge on any atom is 0.272 e. The molecule has 0 radical (unpaired) electrons. The van der Waals surface area contributed by atoms with Gasteiger partial charge < -0.3 is 9.64 Å². The van der Waals surface area contributed by atoms with E-state index in [4.69, 9.17) is 4.74 Å². The highest BCUT2D eigenvalue weighted by molar-refractivity contribution is 5.95. The van der Waals surface area contributed by atoms with Crippen LogP contribution in [0, 0.1) is 0 Å². The standard InChI is InChI=1S/C18H16N4O2/c23-18(15-6-5-13-3-1-2-4-14(13)21-15)22-9-10-24-17(12-22)16-11-19-7-8-20-16/h1-8,11,17H,9-10,12H2. The Morgan fingerprint density at radius 3 is 2.96 bits per heavy atom. The lowest BCUT2D eigenvalue weighted by molar-refractivity contribution is -0.0250. The second-order valence-corrected chi connectivity index (χ2v) is 5.63. The first kappa shape index (κ1) is 14.7.